The van der Waals surface area contributed by atoms with Gasteiger partial charge in [-0.1, -0.05) is 59.7 Å². The van der Waals surface area contributed by atoms with Gasteiger partial charge in [0, 0.05) is 0 Å². The molecule has 0 saturated heterocycles. The van der Waals surface area contributed by atoms with E-state index in [4.69, 9.17) is 0 Å². The SMILES string of the molecule is CNCC(Cc1ccc(C)cc1)Cc1ccc(C)cc1. The average molecular weight is 267 g/mol. The zero-order chi connectivity index (χ0) is 14.4. The van der Waals surface area contributed by atoms with Crippen molar-refractivity contribution >= 4 is 0 Å². The molecule has 2 aromatic carbocycles. The van der Waals surface area contributed by atoms with Crippen molar-refractivity contribution in [1.82, 2.24) is 5.32 Å². The lowest BCUT2D eigenvalue weighted by molar-refractivity contribution is 0.493. The Morgan fingerprint density at radius 1 is 0.750 bits per heavy atom. The van der Waals surface area contributed by atoms with Crippen molar-refractivity contribution in [2.24, 2.45) is 5.92 Å². The van der Waals surface area contributed by atoms with Gasteiger partial charge in [0.2, 0.25) is 0 Å². The molecule has 1 heteroatoms. The predicted molar refractivity (Wildman–Crippen MR) is 87.2 cm³/mol. The molecule has 1 N–H and O–H groups in total. The lowest BCUT2D eigenvalue weighted by Gasteiger charge is -2.17. The molecule has 0 aliphatic carbocycles. The Labute approximate surface area is 123 Å². The molecule has 0 unspecified atom stereocenters. The molecule has 0 heterocycles. The maximum Gasteiger partial charge on any atom is -0.00172 e. The van der Waals surface area contributed by atoms with Crippen LogP contribution in [0.4, 0.5) is 0 Å². The Balaban J connectivity index is 2.02. The van der Waals surface area contributed by atoms with Gasteiger partial charge in [-0.15, -0.1) is 0 Å². The minimum absolute atomic E-state index is 0.644. The smallest absolute Gasteiger partial charge is 0.00172 e. The Morgan fingerprint density at radius 2 is 1.15 bits per heavy atom. The first-order valence-electron chi connectivity index (χ1n) is 7.43. The molecule has 0 aromatic heterocycles. The molecule has 0 radical (unpaired) electrons. The van der Waals surface area contributed by atoms with Crippen molar-refractivity contribution in [2.45, 2.75) is 26.7 Å². The molecule has 1 nitrogen and oxygen atoms in total. The number of hydrogen-bond acceptors (Lipinski definition) is 1. The molecular formula is C19H25N. The minimum Gasteiger partial charge on any atom is -0.319 e. The third-order valence-electron chi connectivity index (χ3n) is 3.78. The van der Waals surface area contributed by atoms with Crippen molar-refractivity contribution in [3.05, 3.63) is 70.8 Å². The van der Waals surface area contributed by atoms with E-state index in [1.807, 2.05) is 7.05 Å². The van der Waals surface area contributed by atoms with Crippen LogP contribution in [0, 0.1) is 19.8 Å². The fraction of sp³-hybridized carbons (Fsp3) is 0.368. The molecule has 0 aliphatic heterocycles. The maximum atomic E-state index is 3.33. The molecule has 0 amide bonds. The fourth-order valence-electron chi connectivity index (χ4n) is 2.62. The standard InChI is InChI=1S/C19H25N/c1-15-4-8-17(9-5-15)12-19(14-20-3)13-18-10-6-16(2)7-11-18/h4-11,19-20H,12-14H2,1-3H3. The lowest BCUT2D eigenvalue weighted by atomic mass is 9.92. The summed E-state index contributed by atoms with van der Waals surface area (Å²) in [6, 6.07) is 17.9. The topological polar surface area (TPSA) is 12.0 Å². The summed E-state index contributed by atoms with van der Waals surface area (Å²) in [5.74, 6) is 0.644. The number of nitrogens with one attached hydrogen (secondary N) is 1. The van der Waals surface area contributed by atoms with Crippen LogP contribution in [0.25, 0.3) is 0 Å². The van der Waals surface area contributed by atoms with Crippen LogP contribution >= 0.6 is 0 Å². The highest BCUT2D eigenvalue weighted by molar-refractivity contribution is 5.24. The second kappa shape index (κ2) is 7.25. The summed E-state index contributed by atoms with van der Waals surface area (Å²) < 4.78 is 0. The molecule has 0 bridgehead atoms. The van der Waals surface area contributed by atoms with Crippen molar-refractivity contribution < 1.29 is 0 Å². The summed E-state index contributed by atoms with van der Waals surface area (Å²) in [7, 11) is 2.04. The Kier molecular flexibility index (Phi) is 5.37. The van der Waals surface area contributed by atoms with E-state index in [1.54, 1.807) is 0 Å². The van der Waals surface area contributed by atoms with E-state index in [9.17, 15) is 0 Å². The van der Waals surface area contributed by atoms with E-state index in [0.717, 1.165) is 19.4 Å². The van der Waals surface area contributed by atoms with E-state index in [2.05, 4.69) is 67.7 Å². The second-order valence-electron chi connectivity index (χ2n) is 5.80. The van der Waals surface area contributed by atoms with Crippen LogP contribution in [-0.4, -0.2) is 13.6 Å². The molecule has 106 valence electrons. The van der Waals surface area contributed by atoms with Gasteiger partial charge in [-0.05, 0) is 57.3 Å². The largest absolute Gasteiger partial charge is 0.319 e. The van der Waals surface area contributed by atoms with Gasteiger partial charge in [0.15, 0.2) is 0 Å². The minimum atomic E-state index is 0.644. The summed E-state index contributed by atoms with van der Waals surface area (Å²) >= 11 is 0. The summed E-state index contributed by atoms with van der Waals surface area (Å²) in [6.45, 7) is 5.34. The highest BCUT2D eigenvalue weighted by Gasteiger charge is 2.10. The monoisotopic (exact) mass is 267 g/mol. The molecule has 0 atom stereocenters. The van der Waals surface area contributed by atoms with Gasteiger partial charge in [0.25, 0.3) is 0 Å². The number of aryl methyl sites for hydroxylation is 2. The van der Waals surface area contributed by atoms with Crippen molar-refractivity contribution in [3.63, 3.8) is 0 Å². The molecule has 0 aliphatic rings. The van der Waals surface area contributed by atoms with Gasteiger partial charge >= 0.3 is 0 Å². The molecule has 20 heavy (non-hydrogen) atoms. The Morgan fingerprint density at radius 3 is 1.50 bits per heavy atom. The van der Waals surface area contributed by atoms with E-state index in [-0.39, 0.29) is 0 Å². The molecule has 0 spiro atoms. The van der Waals surface area contributed by atoms with E-state index in [1.165, 1.54) is 22.3 Å². The molecule has 0 fully saturated rings. The Hall–Kier alpha value is -1.60. The van der Waals surface area contributed by atoms with E-state index >= 15 is 0 Å². The highest BCUT2D eigenvalue weighted by Crippen LogP contribution is 2.15. The maximum absolute atomic E-state index is 3.33. The van der Waals surface area contributed by atoms with Crippen molar-refractivity contribution in [1.29, 1.82) is 0 Å². The van der Waals surface area contributed by atoms with Crippen LogP contribution in [0.1, 0.15) is 22.3 Å². The van der Waals surface area contributed by atoms with Crippen molar-refractivity contribution in [3.8, 4) is 0 Å². The predicted octanol–water partition coefficient (Wildman–Crippen LogP) is 3.92. The van der Waals surface area contributed by atoms with Crippen LogP contribution in [0.3, 0.4) is 0 Å². The summed E-state index contributed by atoms with van der Waals surface area (Å²) in [6.07, 6.45) is 2.27. The quantitative estimate of drug-likeness (QED) is 0.836. The molecular weight excluding hydrogens is 242 g/mol. The van der Waals surface area contributed by atoms with Crippen LogP contribution < -0.4 is 5.32 Å². The van der Waals surface area contributed by atoms with Crippen molar-refractivity contribution in [2.75, 3.05) is 13.6 Å². The summed E-state index contributed by atoms with van der Waals surface area (Å²) in [5.41, 5.74) is 5.53. The third-order valence-corrected chi connectivity index (χ3v) is 3.78. The van der Waals surface area contributed by atoms with Gasteiger partial charge in [0.1, 0.15) is 0 Å². The fourth-order valence-corrected chi connectivity index (χ4v) is 2.62. The molecule has 0 saturated carbocycles. The number of benzene rings is 2. The first-order valence-corrected chi connectivity index (χ1v) is 7.43. The van der Waals surface area contributed by atoms with E-state index in [0.29, 0.717) is 5.92 Å². The first kappa shape index (κ1) is 14.8. The van der Waals surface area contributed by atoms with Gasteiger partial charge in [-0.25, -0.2) is 0 Å². The normalized spacial score (nSPS) is 11.0. The second-order valence-corrected chi connectivity index (χ2v) is 5.80. The van der Waals surface area contributed by atoms with E-state index < -0.39 is 0 Å². The van der Waals surface area contributed by atoms with Gasteiger partial charge in [0.05, 0.1) is 0 Å². The highest BCUT2D eigenvalue weighted by atomic mass is 14.8. The summed E-state index contributed by atoms with van der Waals surface area (Å²) in [4.78, 5) is 0. The number of hydrogen-bond donors (Lipinski definition) is 1. The third kappa shape index (κ3) is 4.50. The van der Waals surface area contributed by atoms with Gasteiger partial charge < -0.3 is 5.32 Å². The average Bonchev–Trinajstić information content (AvgIpc) is 2.44. The first-order chi connectivity index (χ1) is 9.67. The van der Waals surface area contributed by atoms with Crippen LogP contribution in [0.2, 0.25) is 0 Å². The lowest BCUT2D eigenvalue weighted by Crippen LogP contribution is -2.22. The van der Waals surface area contributed by atoms with Crippen LogP contribution in [-0.2, 0) is 12.8 Å². The zero-order valence-corrected chi connectivity index (χ0v) is 12.8. The molecule has 2 aromatic rings. The number of rotatable bonds is 6. The van der Waals surface area contributed by atoms with Crippen LogP contribution in [0.5, 0.6) is 0 Å². The summed E-state index contributed by atoms with van der Waals surface area (Å²) in [5, 5.41) is 3.33. The zero-order valence-electron chi connectivity index (χ0n) is 12.8. The van der Waals surface area contributed by atoms with Crippen LogP contribution in [0.15, 0.2) is 48.5 Å². The Bertz CT molecular complexity index is 463. The molecule has 2 rings (SSSR count). The van der Waals surface area contributed by atoms with Gasteiger partial charge in [-0.2, -0.15) is 0 Å². The van der Waals surface area contributed by atoms with Gasteiger partial charge in [-0.3, -0.25) is 0 Å².